The average molecular weight is 665 g/mol. The van der Waals surface area contributed by atoms with Crippen LogP contribution in [0.5, 0.6) is 5.75 Å². The molecule has 2 amide bonds. The highest BCUT2D eigenvalue weighted by Crippen LogP contribution is 2.61. The maximum atomic E-state index is 14.1. The van der Waals surface area contributed by atoms with Crippen LogP contribution in [0, 0.1) is 32.7 Å². The molecule has 1 aromatic rings. The number of para-hydroxylation sites is 1. The van der Waals surface area contributed by atoms with E-state index in [0.717, 1.165) is 28.8 Å². The van der Waals surface area contributed by atoms with Crippen molar-refractivity contribution in [1.29, 1.82) is 0 Å². The number of benzene rings is 1. The summed E-state index contributed by atoms with van der Waals surface area (Å²) in [6.07, 6.45) is 8.78. The summed E-state index contributed by atoms with van der Waals surface area (Å²) in [6.45, 7) is 5.36. The molecule has 6 atom stereocenters. The number of aliphatic hydroxyl groups is 2. The molecule has 2 bridgehead atoms. The van der Waals surface area contributed by atoms with Gasteiger partial charge in [0.15, 0.2) is 0 Å². The fraction of sp³-hybridized carbons (Fsp3) is 0.688. The van der Waals surface area contributed by atoms with Crippen LogP contribution in [0.2, 0.25) is 0 Å². The Hall–Kier alpha value is -1.65. The summed E-state index contributed by atoms with van der Waals surface area (Å²) in [5, 5.41) is 23.9. The molecule has 0 saturated heterocycles. The lowest BCUT2D eigenvalue weighted by Gasteiger charge is -2.61. The van der Waals surface area contributed by atoms with Crippen molar-refractivity contribution >= 4 is 34.4 Å². The van der Waals surface area contributed by atoms with Crippen LogP contribution in [0.4, 0.5) is 0 Å². The van der Waals surface area contributed by atoms with Crippen LogP contribution in [0.25, 0.3) is 0 Å². The molecule has 0 aliphatic heterocycles. The van der Waals surface area contributed by atoms with Crippen molar-refractivity contribution in [2.45, 2.75) is 89.9 Å². The van der Waals surface area contributed by atoms with Gasteiger partial charge in [-0.1, -0.05) is 38.8 Å². The number of nitrogens with one attached hydrogen (secondary N) is 1. The van der Waals surface area contributed by atoms with Gasteiger partial charge in [0.1, 0.15) is 18.0 Å². The summed E-state index contributed by atoms with van der Waals surface area (Å²) < 4.78 is 7.24. The Morgan fingerprint density at radius 3 is 2.58 bits per heavy atom. The van der Waals surface area contributed by atoms with Gasteiger partial charge < -0.3 is 25.2 Å². The zero-order chi connectivity index (χ0) is 28.4. The van der Waals surface area contributed by atoms with E-state index in [2.05, 4.69) is 41.8 Å². The first-order chi connectivity index (χ1) is 19.2. The fourth-order valence-corrected chi connectivity index (χ4v) is 8.42. The second-order valence-electron chi connectivity index (χ2n) is 13.0. The van der Waals surface area contributed by atoms with Gasteiger partial charge in [-0.25, -0.2) is 0 Å². The molecule has 0 radical (unpaired) electrons. The average Bonchev–Trinajstić information content (AvgIpc) is 3.45. The molecule has 1 aromatic carbocycles. The molecular weight excluding hydrogens is 619 g/mol. The van der Waals surface area contributed by atoms with Gasteiger partial charge in [-0.3, -0.25) is 9.59 Å². The molecule has 0 spiro atoms. The first-order valence-corrected chi connectivity index (χ1v) is 16.2. The van der Waals surface area contributed by atoms with Crippen LogP contribution in [0.15, 0.2) is 35.9 Å². The van der Waals surface area contributed by atoms with Gasteiger partial charge in [-0.15, -0.1) is 0 Å². The van der Waals surface area contributed by atoms with Gasteiger partial charge in [0.2, 0.25) is 11.8 Å². The topological polar surface area (TPSA) is 99.1 Å². The number of halogens is 1. The molecule has 0 heterocycles. The molecule has 40 heavy (non-hydrogen) atoms. The number of hydrogen-bond donors (Lipinski definition) is 3. The van der Waals surface area contributed by atoms with Crippen molar-refractivity contribution in [3.05, 3.63) is 39.5 Å². The lowest BCUT2D eigenvalue weighted by molar-refractivity contribution is -0.149. The Labute approximate surface area is 252 Å². The molecule has 0 aromatic heterocycles. The minimum absolute atomic E-state index is 0.0975. The SMILES string of the molecule is CC1(C)[C@H]2CC[C@@H](CN(C(=O)CC3CCCC3)[C@@H]3CC(C(=O)NCCO)=C[C@H](Oc4ccccc4I)[C@H]3O)[C@@H]1C2. The highest BCUT2D eigenvalue weighted by atomic mass is 127. The number of aliphatic hydroxyl groups excluding tert-OH is 2. The van der Waals surface area contributed by atoms with Crippen LogP contribution in [0.3, 0.4) is 0 Å². The van der Waals surface area contributed by atoms with E-state index in [-0.39, 0.29) is 31.4 Å². The standard InChI is InChI=1S/C32H45IN2O5/c1-32(2)23-12-11-21(24(32)18-23)19-35(29(37)15-20-7-3-4-8-20)26-16-22(31(39)34-13-14-36)17-28(30(26)38)40-27-10-6-5-9-25(27)33/h5-6,9-10,17,20-21,23-24,26,28,30,36,38H,3-4,7-8,11-16,18-19H2,1-2H3,(H,34,39)/t21-,23-,24-,26+,28-,30-/m0/s1. The second kappa shape index (κ2) is 12.7. The van der Waals surface area contributed by atoms with Crippen LogP contribution >= 0.6 is 22.6 Å². The van der Waals surface area contributed by atoms with E-state index >= 15 is 0 Å². The molecule has 7 nitrogen and oxygen atoms in total. The second-order valence-corrected chi connectivity index (χ2v) is 14.2. The van der Waals surface area contributed by atoms with Crippen molar-refractivity contribution < 1.29 is 24.5 Å². The molecule has 4 saturated carbocycles. The normalized spacial score (nSPS) is 31.2. The predicted molar refractivity (Wildman–Crippen MR) is 163 cm³/mol. The van der Waals surface area contributed by atoms with Crippen LogP contribution in [-0.2, 0) is 9.59 Å². The van der Waals surface area contributed by atoms with Gasteiger partial charge in [0.05, 0.1) is 16.2 Å². The number of amides is 2. The monoisotopic (exact) mass is 664 g/mol. The number of hydrogen-bond acceptors (Lipinski definition) is 5. The van der Waals surface area contributed by atoms with Crippen molar-refractivity contribution in [1.82, 2.24) is 10.2 Å². The van der Waals surface area contributed by atoms with Gasteiger partial charge in [0.25, 0.3) is 0 Å². The smallest absolute Gasteiger partial charge is 0.247 e. The molecule has 4 fully saturated rings. The maximum absolute atomic E-state index is 14.1. The summed E-state index contributed by atoms with van der Waals surface area (Å²) in [7, 11) is 0. The number of nitrogens with zero attached hydrogens (tertiary/aromatic N) is 1. The van der Waals surface area contributed by atoms with Gasteiger partial charge in [0, 0.05) is 31.5 Å². The highest BCUT2D eigenvalue weighted by molar-refractivity contribution is 14.1. The number of rotatable bonds is 10. The molecule has 8 heteroatoms. The number of fused-ring (bicyclic) bond motifs is 2. The van der Waals surface area contributed by atoms with Crippen LogP contribution in [0.1, 0.15) is 71.6 Å². The van der Waals surface area contributed by atoms with Crippen LogP contribution < -0.4 is 10.1 Å². The molecule has 6 rings (SSSR count). The molecule has 3 N–H and O–H groups in total. The largest absolute Gasteiger partial charge is 0.482 e. The Balaban J connectivity index is 1.44. The Bertz CT molecular complexity index is 1100. The number of carbonyl (C=O) groups excluding carboxylic acids is 2. The minimum atomic E-state index is -0.969. The van der Waals surface area contributed by atoms with Gasteiger partial charge in [-0.05, 0) is 102 Å². The van der Waals surface area contributed by atoms with Gasteiger partial charge >= 0.3 is 0 Å². The summed E-state index contributed by atoms with van der Waals surface area (Å²) in [5.74, 6) is 2.59. The Morgan fingerprint density at radius 1 is 1.15 bits per heavy atom. The van der Waals surface area contributed by atoms with Crippen molar-refractivity contribution in [2.24, 2.45) is 29.1 Å². The summed E-state index contributed by atoms with van der Waals surface area (Å²) in [4.78, 5) is 29.2. The van der Waals surface area contributed by atoms with E-state index in [9.17, 15) is 19.8 Å². The van der Waals surface area contributed by atoms with Crippen molar-refractivity contribution in [3.8, 4) is 5.75 Å². The van der Waals surface area contributed by atoms with E-state index in [1.807, 2.05) is 29.2 Å². The summed E-state index contributed by atoms with van der Waals surface area (Å²) in [6, 6.07) is 7.06. The molecular formula is C32H45IN2O5. The van der Waals surface area contributed by atoms with Gasteiger partial charge in [-0.2, -0.15) is 0 Å². The predicted octanol–water partition coefficient (Wildman–Crippen LogP) is 4.69. The number of carbonyl (C=O) groups is 2. The number of ether oxygens (including phenoxy) is 1. The van der Waals surface area contributed by atoms with E-state index in [0.29, 0.717) is 47.5 Å². The quantitative estimate of drug-likeness (QED) is 0.316. The first kappa shape index (κ1) is 29.8. The molecule has 5 aliphatic carbocycles. The maximum Gasteiger partial charge on any atom is 0.247 e. The third-order valence-corrected chi connectivity index (χ3v) is 11.3. The minimum Gasteiger partial charge on any atom is -0.482 e. The van der Waals surface area contributed by atoms with E-state index in [4.69, 9.17) is 4.74 Å². The third kappa shape index (κ3) is 6.24. The zero-order valence-electron chi connectivity index (χ0n) is 23.9. The van der Waals surface area contributed by atoms with Crippen LogP contribution in [-0.4, -0.2) is 64.9 Å². The van der Waals surface area contributed by atoms with E-state index in [1.54, 1.807) is 6.08 Å². The molecule has 0 unspecified atom stereocenters. The van der Waals surface area contributed by atoms with Crippen molar-refractivity contribution in [3.63, 3.8) is 0 Å². The fourth-order valence-electron chi connectivity index (χ4n) is 7.90. The Kier molecular flexibility index (Phi) is 9.47. The summed E-state index contributed by atoms with van der Waals surface area (Å²) >= 11 is 2.20. The Morgan fingerprint density at radius 2 is 1.90 bits per heavy atom. The molecule has 5 aliphatic rings. The molecule has 220 valence electrons. The lowest BCUT2D eigenvalue weighted by Crippen LogP contribution is -2.59. The lowest BCUT2D eigenvalue weighted by atomic mass is 9.45. The first-order valence-electron chi connectivity index (χ1n) is 15.2. The van der Waals surface area contributed by atoms with E-state index < -0.39 is 18.2 Å². The van der Waals surface area contributed by atoms with Crippen molar-refractivity contribution in [2.75, 3.05) is 19.7 Å². The highest BCUT2D eigenvalue weighted by Gasteiger charge is 2.55. The summed E-state index contributed by atoms with van der Waals surface area (Å²) in [5.41, 5.74) is 0.783. The zero-order valence-corrected chi connectivity index (χ0v) is 26.0. The van der Waals surface area contributed by atoms with E-state index in [1.165, 1.54) is 25.7 Å². The third-order valence-electron chi connectivity index (χ3n) is 10.4.